The molecule has 0 saturated heterocycles. The monoisotopic (exact) mass is 256 g/mol. The van der Waals surface area contributed by atoms with Crippen LogP contribution in [-0.4, -0.2) is 29.9 Å². The molecule has 0 unspecified atom stereocenters. The van der Waals surface area contributed by atoms with E-state index in [0.717, 1.165) is 10.9 Å². The molecule has 6 nitrogen and oxygen atoms in total. The number of carbonyl (C=O) groups is 2. The molecule has 0 aliphatic heterocycles. The molecule has 0 aliphatic rings. The van der Waals surface area contributed by atoms with Gasteiger partial charge in [0, 0.05) is 22.7 Å². The van der Waals surface area contributed by atoms with Crippen LogP contribution in [0.25, 0.3) is 10.9 Å². The van der Waals surface area contributed by atoms with E-state index in [1.54, 1.807) is 30.5 Å². The van der Waals surface area contributed by atoms with E-state index in [1.807, 2.05) is 6.07 Å². The van der Waals surface area contributed by atoms with Crippen molar-refractivity contribution in [3.05, 3.63) is 36.0 Å². The molecular weight excluding hydrogens is 244 g/mol. The van der Waals surface area contributed by atoms with E-state index in [9.17, 15) is 9.59 Å². The number of hydrogen-bond donors (Lipinski definition) is 3. The third-order valence-electron chi connectivity index (χ3n) is 2.59. The minimum absolute atomic E-state index is 0.0655. The average Bonchev–Trinajstić information content (AvgIpc) is 2.89. The highest BCUT2D eigenvalue weighted by molar-refractivity contribution is 5.99. The number of nitriles is 1. The molecule has 0 spiro atoms. The molecule has 2 rings (SSSR count). The Labute approximate surface area is 109 Å². The molecule has 2 amide bonds. The second kappa shape index (κ2) is 5.69. The van der Waals surface area contributed by atoms with Crippen molar-refractivity contribution in [1.29, 1.82) is 5.26 Å². The summed E-state index contributed by atoms with van der Waals surface area (Å²) >= 11 is 0. The van der Waals surface area contributed by atoms with E-state index in [1.165, 1.54) is 0 Å². The number of fused-ring (bicyclic) bond motifs is 1. The minimum Gasteiger partial charge on any atom is -0.361 e. The van der Waals surface area contributed by atoms with E-state index >= 15 is 0 Å². The Bertz CT molecular complexity index is 654. The molecule has 1 aromatic carbocycles. The van der Waals surface area contributed by atoms with Gasteiger partial charge in [-0.25, -0.2) is 0 Å². The van der Waals surface area contributed by atoms with Gasteiger partial charge in [0.05, 0.1) is 12.6 Å². The number of amides is 2. The first-order valence-corrected chi connectivity index (χ1v) is 5.69. The number of benzene rings is 1. The van der Waals surface area contributed by atoms with Crippen molar-refractivity contribution in [3.63, 3.8) is 0 Å². The summed E-state index contributed by atoms with van der Waals surface area (Å²) in [5, 5.41) is 14.1. The van der Waals surface area contributed by atoms with E-state index in [4.69, 9.17) is 5.26 Å². The Morgan fingerprint density at radius 1 is 1.26 bits per heavy atom. The second-order valence-electron chi connectivity index (χ2n) is 3.90. The fourth-order valence-electron chi connectivity index (χ4n) is 1.66. The van der Waals surface area contributed by atoms with Crippen molar-refractivity contribution in [2.24, 2.45) is 0 Å². The van der Waals surface area contributed by atoms with Gasteiger partial charge in [0.1, 0.15) is 6.54 Å². The van der Waals surface area contributed by atoms with Crippen LogP contribution >= 0.6 is 0 Å². The molecule has 0 bridgehead atoms. The Balaban J connectivity index is 1.96. The summed E-state index contributed by atoms with van der Waals surface area (Å²) < 4.78 is 0. The molecule has 0 atom stereocenters. The van der Waals surface area contributed by atoms with Crippen LogP contribution in [0, 0.1) is 11.3 Å². The molecule has 19 heavy (non-hydrogen) atoms. The summed E-state index contributed by atoms with van der Waals surface area (Å²) in [6, 6.07) is 8.89. The summed E-state index contributed by atoms with van der Waals surface area (Å²) in [5.41, 5.74) is 1.43. The van der Waals surface area contributed by atoms with Gasteiger partial charge in [-0.2, -0.15) is 5.26 Å². The first-order chi connectivity index (χ1) is 9.20. The number of nitrogens with zero attached hydrogens (tertiary/aromatic N) is 1. The fourth-order valence-corrected chi connectivity index (χ4v) is 1.66. The summed E-state index contributed by atoms with van der Waals surface area (Å²) in [6.07, 6.45) is 1.79. The lowest BCUT2D eigenvalue weighted by Crippen LogP contribution is -2.37. The quantitative estimate of drug-likeness (QED) is 0.696. The van der Waals surface area contributed by atoms with Crippen molar-refractivity contribution < 1.29 is 9.59 Å². The smallest absolute Gasteiger partial charge is 0.251 e. The summed E-state index contributed by atoms with van der Waals surface area (Å²) in [7, 11) is 0. The molecule has 0 fully saturated rings. The fraction of sp³-hybridized carbons (Fsp3) is 0.154. The topological polar surface area (TPSA) is 97.8 Å². The minimum atomic E-state index is -0.391. The van der Waals surface area contributed by atoms with Crippen LogP contribution in [0.1, 0.15) is 10.4 Å². The van der Waals surface area contributed by atoms with Gasteiger partial charge in [-0.3, -0.25) is 9.59 Å². The maximum absolute atomic E-state index is 11.8. The Morgan fingerprint density at radius 3 is 2.89 bits per heavy atom. The van der Waals surface area contributed by atoms with Gasteiger partial charge in [-0.1, -0.05) is 0 Å². The average molecular weight is 256 g/mol. The second-order valence-corrected chi connectivity index (χ2v) is 3.90. The van der Waals surface area contributed by atoms with Gasteiger partial charge in [0.25, 0.3) is 5.91 Å². The van der Waals surface area contributed by atoms with Crippen molar-refractivity contribution in [1.82, 2.24) is 15.6 Å². The molecular formula is C13H12N4O2. The van der Waals surface area contributed by atoms with Gasteiger partial charge in [0.2, 0.25) is 5.91 Å². The lowest BCUT2D eigenvalue weighted by molar-refractivity contribution is -0.119. The summed E-state index contributed by atoms with van der Waals surface area (Å²) in [6.45, 7) is -0.213. The maximum atomic E-state index is 11.8. The van der Waals surface area contributed by atoms with E-state index in [0.29, 0.717) is 5.56 Å². The predicted octanol–water partition coefficient (Wildman–Crippen LogP) is 0.537. The normalized spacial score (nSPS) is 9.84. The Kier molecular flexibility index (Phi) is 3.78. The molecule has 2 aromatic rings. The third kappa shape index (κ3) is 3.10. The molecule has 1 heterocycles. The zero-order valence-corrected chi connectivity index (χ0v) is 10.1. The van der Waals surface area contributed by atoms with Crippen LogP contribution in [0.3, 0.4) is 0 Å². The van der Waals surface area contributed by atoms with Crippen LogP contribution in [0.4, 0.5) is 0 Å². The Morgan fingerprint density at radius 2 is 2.11 bits per heavy atom. The highest BCUT2D eigenvalue weighted by atomic mass is 16.2. The molecule has 0 saturated carbocycles. The lowest BCUT2D eigenvalue weighted by Gasteiger charge is -2.05. The van der Waals surface area contributed by atoms with Crippen molar-refractivity contribution >= 4 is 22.7 Å². The van der Waals surface area contributed by atoms with Crippen LogP contribution < -0.4 is 10.6 Å². The largest absolute Gasteiger partial charge is 0.361 e. The van der Waals surface area contributed by atoms with Crippen LogP contribution in [-0.2, 0) is 4.79 Å². The van der Waals surface area contributed by atoms with Crippen molar-refractivity contribution in [2.75, 3.05) is 13.1 Å². The zero-order chi connectivity index (χ0) is 13.7. The first-order valence-electron chi connectivity index (χ1n) is 5.69. The van der Waals surface area contributed by atoms with Crippen molar-refractivity contribution in [3.8, 4) is 6.07 Å². The van der Waals surface area contributed by atoms with Crippen LogP contribution in [0.2, 0.25) is 0 Å². The van der Waals surface area contributed by atoms with E-state index in [2.05, 4.69) is 15.6 Å². The highest BCUT2D eigenvalue weighted by Gasteiger charge is 2.08. The van der Waals surface area contributed by atoms with Gasteiger partial charge in [0.15, 0.2) is 0 Å². The molecule has 6 heteroatoms. The molecule has 96 valence electrons. The molecule has 3 N–H and O–H groups in total. The molecule has 0 aliphatic carbocycles. The number of H-pyrrole nitrogens is 1. The van der Waals surface area contributed by atoms with Gasteiger partial charge in [-0.15, -0.1) is 0 Å². The summed E-state index contributed by atoms with van der Waals surface area (Å²) in [4.78, 5) is 26.1. The SMILES string of the molecule is N#CCNC(=O)CNC(=O)c1ccc2[nH]ccc2c1. The van der Waals surface area contributed by atoms with Crippen LogP contribution in [0.5, 0.6) is 0 Å². The van der Waals surface area contributed by atoms with Crippen LogP contribution in [0.15, 0.2) is 30.5 Å². The number of aromatic amines is 1. The number of hydrogen-bond acceptors (Lipinski definition) is 3. The third-order valence-corrected chi connectivity index (χ3v) is 2.59. The number of rotatable bonds is 4. The van der Waals surface area contributed by atoms with Crippen molar-refractivity contribution in [2.45, 2.75) is 0 Å². The predicted molar refractivity (Wildman–Crippen MR) is 69.3 cm³/mol. The first kappa shape index (κ1) is 12.6. The van der Waals surface area contributed by atoms with E-state index in [-0.39, 0.29) is 19.0 Å². The molecule has 0 radical (unpaired) electrons. The zero-order valence-electron chi connectivity index (χ0n) is 10.1. The summed E-state index contributed by atoms with van der Waals surface area (Å²) in [5.74, 6) is -0.715. The van der Waals surface area contributed by atoms with Gasteiger partial charge < -0.3 is 15.6 Å². The number of carbonyl (C=O) groups excluding carboxylic acids is 2. The number of aromatic nitrogens is 1. The molecule has 1 aromatic heterocycles. The maximum Gasteiger partial charge on any atom is 0.251 e. The Hall–Kier alpha value is -2.81. The van der Waals surface area contributed by atoms with E-state index < -0.39 is 5.91 Å². The highest BCUT2D eigenvalue weighted by Crippen LogP contribution is 2.13. The standard InChI is InChI=1S/C13H12N4O2/c14-4-6-16-12(18)8-17-13(19)10-1-2-11-9(7-10)3-5-15-11/h1-3,5,7,15H,6,8H2,(H,16,18)(H,17,19). The lowest BCUT2D eigenvalue weighted by atomic mass is 10.1. The number of nitrogens with one attached hydrogen (secondary N) is 3. The van der Waals surface area contributed by atoms with Gasteiger partial charge in [-0.05, 0) is 24.3 Å². The van der Waals surface area contributed by atoms with Gasteiger partial charge >= 0.3 is 0 Å².